The molecule has 0 saturated heterocycles. The van der Waals surface area contributed by atoms with Gasteiger partial charge in [0.05, 0.1) is 4.47 Å². The lowest BCUT2D eigenvalue weighted by molar-refractivity contribution is 0.466. The summed E-state index contributed by atoms with van der Waals surface area (Å²) in [4.78, 5) is 0. The van der Waals surface area contributed by atoms with Gasteiger partial charge in [-0.15, -0.1) is 0 Å². The van der Waals surface area contributed by atoms with Crippen molar-refractivity contribution in [3.05, 3.63) is 27.7 Å². The number of rotatable bonds is 2. The Kier molecular flexibility index (Phi) is 3.33. The Morgan fingerprint density at radius 3 is 2.69 bits per heavy atom. The fourth-order valence-corrected chi connectivity index (χ4v) is 1.81. The van der Waals surface area contributed by atoms with Gasteiger partial charge in [-0.2, -0.15) is 0 Å². The van der Waals surface area contributed by atoms with Crippen LogP contribution in [0.5, 0.6) is 5.75 Å². The zero-order chi connectivity index (χ0) is 10.0. The molecule has 0 aliphatic heterocycles. The Hall–Kier alpha value is -0.540. The zero-order valence-electron chi connectivity index (χ0n) is 7.84. The third-order valence-corrected chi connectivity index (χ3v) is 2.82. The van der Waals surface area contributed by atoms with E-state index >= 15 is 0 Å². The maximum absolute atomic E-state index is 9.61. The molecular formula is C10H14BrNO. The van der Waals surface area contributed by atoms with Gasteiger partial charge in [-0.05, 0) is 47.3 Å². The Morgan fingerprint density at radius 2 is 2.15 bits per heavy atom. The Balaban J connectivity index is 3.04. The SMILES string of the molecule is Cc1ccc(CC(C)N)c(Br)c1O. The van der Waals surface area contributed by atoms with Crippen LogP contribution in [0.15, 0.2) is 16.6 Å². The van der Waals surface area contributed by atoms with E-state index in [1.165, 1.54) is 0 Å². The number of aryl methyl sites for hydroxylation is 1. The molecule has 0 saturated carbocycles. The molecule has 1 aromatic carbocycles. The molecule has 1 atom stereocenters. The van der Waals surface area contributed by atoms with Gasteiger partial charge in [0.1, 0.15) is 5.75 Å². The number of benzene rings is 1. The first kappa shape index (κ1) is 10.5. The molecule has 0 amide bonds. The highest BCUT2D eigenvalue weighted by atomic mass is 79.9. The van der Waals surface area contributed by atoms with E-state index in [2.05, 4.69) is 15.9 Å². The molecule has 0 heterocycles. The van der Waals surface area contributed by atoms with Gasteiger partial charge in [-0.1, -0.05) is 12.1 Å². The van der Waals surface area contributed by atoms with Crippen molar-refractivity contribution < 1.29 is 5.11 Å². The third kappa shape index (κ3) is 2.45. The van der Waals surface area contributed by atoms with Gasteiger partial charge >= 0.3 is 0 Å². The summed E-state index contributed by atoms with van der Waals surface area (Å²) in [6.07, 6.45) is 0.772. The first-order chi connectivity index (χ1) is 6.02. The van der Waals surface area contributed by atoms with Crippen LogP contribution in [-0.2, 0) is 6.42 Å². The lowest BCUT2D eigenvalue weighted by Crippen LogP contribution is -2.18. The molecule has 2 nitrogen and oxygen atoms in total. The molecule has 0 bridgehead atoms. The Bertz CT molecular complexity index is 310. The van der Waals surface area contributed by atoms with Gasteiger partial charge in [0.15, 0.2) is 0 Å². The van der Waals surface area contributed by atoms with Crippen LogP contribution in [0.3, 0.4) is 0 Å². The number of phenolic OH excluding ortho intramolecular Hbond substituents is 1. The standard InChI is InChI=1S/C10H14BrNO/c1-6-3-4-8(5-7(2)12)9(11)10(6)13/h3-4,7,13H,5,12H2,1-2H3. The molecule has 0 fully saturated rings. The van der Waals surface area contributed by atoms with Crippen molar-refractivity contribution >= 4 is 15.9 Å². The van der Waals surface area contributed by atoms with Crippen molar-refractivity contribution in [2.45, 2.75) is 26.3 Å². The lowest BCUT2D eigenvalue weighted by Gasteiger charge is -2.10. The Labute approximate surface area is 86.9 Å². The molecule has 72 valence electrons. The monoisotopic (exact) mass is 243 g/mol. The molecule has 0 radical (unpaired) electrons. The van der Waals surface area contributed by atoms with Gasteiger partial charge in [-0.25, -0.2) is 0 Å². The molecule has 0 aliphatic carbocycles. The lowest BCUT2D eigenvalue weighted by atomic mass is 10.1. The van der Waals surface area contributed by atoms with Crippen LogP contribution in [0.1, 0.15) is 18.1 Å². The van der Waals surface area contributed by atoms with Gasteiger partial charge in [0, 0.05) is 6.04 Å². The quantitative estimate of drug-likeness (QED) is 0.838. The second kappa shape index (κ2) is 4.11. The summed E-state index contributed by atoms with van der Waals surface area (Å²) in [5, 5.41) is 9.61. The van der Waals surface area contributed by atoms with Crippen molar-refractivity contribution in [2.75, 3.05) is 0 Å². The van der Waals surface area contributed by atoms with Crippen LogP contribution in [-0.4, -0.2) is 11.1 Å². The second-order valence-electron chi connectivity index (χ2n) is 3.39. The molecule has 13 heavy (non-hydrogen) atoms. The molecule has 1 rings (SSSR count). The molecule has 1 aromatic rings. The molecule has 0 aliphatic rings. The van der Waals surface area contributed by atoms with Crippen LogP contribution in [0, 0.1) is 6.92 Å². The zero-order valence-corrected chi connectivity index (χ0v) is 9.43. The normalized spacial score (nSPS) is 12.9. The van der Waals surface area contributed by atoms with Crippen molar-refractivity contribution in [2.24, 2.45) is 5.73 Å². The van der Waals surface area contributed by atoms with E-state index in [4.69, 9.17) is 5.73 Å². The van der Waals surface area contributed by atoms with Gasteiger partial charge in [0.25, 0.3) is 0 Å². The van der Waals surface area contributed by atoms with Crippen molar-refractivity contribution in [3.8, 4) is 5.75 Å². The van der Waals surface area contributed by atoms with Crippen LogP contribution >= 0.6 is 15.9 Å². The summed E-state index contributed by atoms with van der Waals surface area (Å²) >= 11 is 3.35. The van der Waals surface area contributed by atoms with Gasteiger partial charge < -0.3 is 10.8 Å². The highest BCUT2D eigenvalue weighted by Crippen LogP contribution is 2.31. The number of hydrogen-bond acceptors (Lipinski definition) is 2. The summed E-state index contributed by atoms with van der Waals surface area (Å²) in [5.41, 5.74) is 7.61. The van der Waals surface area contributed by atoms with Crippen molar-refractivity contribution in [1.82, 2.24) is 0 Å². The molecule has 1 unspecified atom stereocenters. The maximum Gasteiger partial charge on any atom is 0.132 e. The molecule has 3 heteroatoms. The van der Waals surface area contributed by atoms with Crippen LogP contribution in [0.25, 0.3) is 0 Å². The van der Waals surface area contributed by atoms with Gasteiger partial charge in [0.2, 0.25) is 0 Å². The summed E-state index contributed by atoms with van der Waals surface area (Å²) in [6, 6.07) is 4.00. The van der Waals surface area contributed by atoms with E-state index in [1.54, 1.807) is 0 Å². The molecule has 3 N–H and O–H groups in total. The summed E-state index contributed by atoms with van der Waals surface area (Å²) < 4.78 is 0.768. The fraction of sp³-hybridized carbons (Fsp3) is 0.400. The minimum Gasteiger partial charge on any atom is -0.506 e. The maximum atomic E-state index is 9.61. The fourth-order valence-electron chi connectivity index (χ4n) is 1.21. The second-order valence-corrected chi connectivity index (χ2v) is 4.18. The largest absolute Gasteiger partial charge is 0.506 e. The number of hydrogen-bond donors (Lipinski definition) is 2. The number of nitrogens with two attached hydrogens (primary N) is 1. The minimum atomic E-state index is 0.110. The predicted molar refractivity (Wildman–Crippen MR) is 57.9 cm³/mol. The van der Waals surface area contributed by atoms with E-state index < -0.39 is 0 Å². The average Bonchev–Trinajstić information content (AvgIpc) is 2.06. The Morgan fingerprint density at radius 1 is 1.54 bits per heavy atom. The molecule has 0 aromatic heterocycles. The van der Waals surface area contributed by atoms with E-state index in [0.717, 1.165) is 22.0 Å². The number of halogens is 1. The number of aromatic hydroxyl groups is 1. The van der Waals surface area contributed by atoms with E-state index in [9.17, 15) is 5.11 Å². The highest BCUT2D eigenvalue weighted by molar-refractivity contribution is 9.10. The first-order valence-corrected chi connectivity index (χ1v) is 5.04. The molecule has 0 spiro atoms. The summed E-state index contributed by atoms with van der Waals surface area (Å²) in [6.45, 7) is 3.82. The van der Waals surface area contributed by atoms with Crippen molar-refractivity contribution in [3.63, 3.8) is 0 Å². The minimum absolute atomic E-state index is 0.110. The smallest absolute Gasteiger partial charge is 0.132 e. The highest BCUT2D eigenvalue weighted by Gasteiger charge is 2.08. The van der Waals surface area contributed by atoms with Crippen molar-refractivity contribution in [1.29, 1.82) is 0 Å². The predicted octanol–water partition coefficient (Wildman–Crippen LogP) is 2.35. The van der Waals surface area contributed by atoms with E-state index in [1.807, 2.05) is 26.0 Å². The molecular weight excluding hydrogens is 230 g/mol. The topological polar surface area (TPSA) is 46.2 Å². The average molecular weight is 244 g/mol. The summed E-state index contributed by atoms with van der Waals surface area (Å²) in [7, 11) is 0. The van der Waals surface area contributed by atoms with Crippen LogP contribution < -0.4 is 5.73 Å². The first-order valence-electron chi connectivity index (χ1n) is 4.25. The van der Waals surface area contributed by atoms with Crippen LogP contribution in [0.4, 0.5) is 0 Å². The third-order valence-electron chi connectivity index (χ3n) is 1.94. The van der Waals surface area contributed by atoms with E-state index in [0.29, 0.717) is 5.75 Å². The van der Waals surface area contributed by atoms with Gasteiger partial charge in [-0.3, -0.25) is 0 Å². The summed E-state index contributed by atoms with van der Waals surface area (Å²) in [5.74, 6) is 0.318. The van der Waals surface area contributed by atoms with Crippen LogP contribution in [0.2, 0.25) is 0 Å². The number of phenols is 1. The van der Waals surface area contributed by atoms with E-state index in [-0.39, 0.29) is 6.04 Å².